The van der Waals surface area contributed by atoms with E-state index in [4.69, 9.17) is 0 Å². The number of hydrogen-bond donors (Lipinski definition) is 1. The molecule has 0 saturated heterocycles. The Morgan fingerprint density at radius 1 is 1.04 bits per heavy atom. The summed E-state index contributed by atoms with van der Waals surface area (Å²) < 4.78 is 1.46. The first kappa shape index (κ1) is 16.6. The number of amides is 1. The molecular formula is C20H15N5O2. The van der Waals surface area contributed by atoms with Gasteiger partial charge in [0.1, 0.15) is 11.6 Å². The second-order valence-corrected chi connectivity index (χ2v) is 5.91. The maximum absolute atomic E-state index is 12.8. The van der Waals surface area contributed by atoms with E-state index in [1.165, 1.54) is 4.57 Å². The molecule has 0 saturated carbocycles. The first-order chi connectivity index (χ1) is 13.1. The molecule has 0 spiro atoms. The van der Waals surface area contributed by atoms with Crippen LogP contribution in [0.1, 0.15) is 10.4 Å². The van der Waals surface area contributed by atoms with Crippen molar-refractivity contribution in [2.45, 2.75) is 0 Å². The predicted molar refractivity (Wildman–Crippen MR) is 102 cm³/mol. The summed E-state index contributed by atoms with van der Waals surface area (Å²) >= 11 is 0. The van der Waals surface area contributed by atoms with E-state index in [9.17, 15) is 9.59 Å². The minimum Gasteiger partial charge on any atom is -0.306 e. The number of pyridine rings is 2. The Morgan fingerprint density at radius 3 is 2.67 bits per heavy atom. The van der Waals surface area contributed by atoms with Gasteiger partial charge in [-0.3, -0.25) is 19.1 Å². The van der Waals surface area contributed by atoms with Gasteiger partial charge in [-0.25, -0.2) is 9.97 Å². The fourth-order valence-electron chi connectivity index (χ4n) is 2.85. The smallest absolute Gasteiger partial charge is 0.261 e. The molecule has 0 bridgehead atoms. The van der Waals surface area contributed by atoms with Crippen LogP contribution in [-0.4, -0.2) is 25.4 Å². The highest BCUT2D eigenvalue weighted by Crippen LogP contribution is 2.20. The van der Waals surface area contributed by atoms with Crippen molar-refractivity contribution < 1.29 is 4.79 Å². The van der Waals surface area contributed by atoms with Crippen LogP contribution in [0.25, 0.3) is 22.3 Å². The number of para-hydroxylation sites is 1. The van der Waals surface area contributed by atoms with Gasteiger partial charge in [0.05, 0.1) is 16.5 Å². The van der Waals surface area contributed by atoms with Gasteiger partial charge in [-0.2, -0.15) is 0 Å². The lowest BCUT2D eigenvalue weighted by Crippen LogP contribution is -2.22. The second kappa shape index (κ2) is 6.80. The summed E-state index contributed by atoms with van der Waals surface area (Å²) in [6.45, 7) is 0. The van der Waals surface area contributed by atoms with Crippen LogP contribution >= 0.6 is 0 Å². The number of hydrogen-bond acceptors (Lipinski definition) is 5. The molecule has 0 atom stereocenters. The fraction of sp³-hybridized carbons (Fsp3) is 0.0500. The number of nitrogens with zero attached hydrogens (tertiary/aromatic N) is 4. The van der Waals surface area contributed by atoms with Crippen molar-refractivity contribution in [3.8, 4) is 11.4 Å². The number of rotatable bonds is 3. The zero-order valence-corrected chi connectivity index (χ0v) is 14.5. The van der Waals surface area contributed by atoms with Gasteiger partial charge in [-0.15, -0.1) is 0 Å². The Morgan fingerprint density at radius 2 is 1.93 bits per heavy atom. The van der Waals surface area contributed by atoms with Crippen LogP contribution in [-0.2, 0) is 7.05 Å². The summed E-state index contributed by atoms with van der Waals surface area (Å²) in [5.74, 6) is 0.492. The zero-order chi connectivity index (χ0) is 18.8. The SMILES string of the molecule is Cn1c(-c2cccnc2)nc2c(C(=O)Nc3ccccn3)cccc2c1=O. The molecule has 0 fully saturated rings. The quantitative estimate of drug-likeness (QED) is 0.609. The van der Waals surface area contributed by atoms with Gasteiger partial charge in [0.2, 0.25) is 0 Å². The van der Waals surface area contributed by atoms with Gasteiger partial charge in [0.25, 0.3) is 11.5 Å². The molecule has 7 heteroatoms. The predicted octanol–water partition coefficient (Wildman–Crippen LogP) is 2.64. The average molecular weight is 357 g/mol. The van der Waals surface area contributed by atoms with E-state index in [1.807, 2.05) is 6.07 Å². The zero-order valence-electron chi connectivity index (χ0n) is 14.5. The van der Waals surface area contributed by atoms with E-state index in [1.54, 1.807) is 68.1 Å². The first-order valence-electron chi connectivity index (χ1n) is 8.27. The van der Waals surface area contributed by atoms with E-state index in [2.05, 4.69) is 20.3 Å². The van der Waals surface area contributed by atoms with Gasteiger partial charge in [-0.05, 0) is 36.4 Å². The van der Waals surface area contributed by atoms with Gasteiger partial charge in [0, 0.05) is 31.2 Å². The summed E-state index contributed by atoms with van der Waals surface area (Å²) in [6.07, 6.45) is 4.87. The maximum Gasteiger partial charge on any atom is 0.261 e. The molecule has 0 aliphatic heterocycles. The summed E-state index contributed by atoms with van der Waals surface area (Å²) in [5, 5.41) is 3.11. The Balaban J connectivity index is 1.88. The number of nitrogens with one attached hydrogen (secondary N) is 1. The molecule has 4 rings (SSSR count). The highest BCUT2D eigenvalue weighted by molar-refractivity contribution is 6.11. The van der Waals surface area contributed by atoms with E-state index >= 15 is 0 Å². The number of carbonyl (C=O) groups is 1. The fourth-order valence-corrected chi connectivity index (χ4v) is 2.85. The van der Waals surface area contributed by atoms with Crippen molar-refractivity contribution in [2.75, 3.05) is 5.32 Å². The lowest BCUT2D eigenvalue weighted by molar-refractivity contribution is 0.102. The maximum atomic E-state index is 12.8. The van der Waals surface area contributed by atoms with Crippen LogP contribution in [0.3, 0.4) is 0 Å². The Kier molecular flexibility index (Phi) is 4.18. The molecule has 3 aromatic heterocycles. The van der Waals surface area contributed by atoms with Gasteiger partial charge < -0.3 is 5.32 Å². The minimum atomic E-state index is -0.378. The monoisotopic (exact) mass is 357 g/mol. The van der Waals surface area contributed by atoms with Crippen molar-refractivity contribution in [2.24, 2.45) is 7.05 Å². The average Bonchev–Trinajstić information content (AvgIpc) is 2.71. The molecule has 0 radical (unpaired) electrons. The van der Waals surface area contributed by atoms with Crippen LogP contribution in [0.2, 0.25) is 0 Å². The van der Waals surface area contributed by atoms with Crippen LogP contribution < -0.4 is 10.9 Å². The van der Waals surface area contributed by atoms with E-state index in [0.29, 0.717) is 33.7 Å². The van der Waals surface area contributed by atoms with E-state index in [-0.39, 0.29) is 11.5 Å². The molecule has 0 aliphatic carbocycles. The minimum absolute atomic E-state index is 0.230. The topological polar surface area (TPSA) is 89.8 Å². The van der Waals surface area contributed by atoms with Crippen molar-refractivity contribution in [3.05, 3.63) is 83.0 Å². The van der Waals surface area contributed by atoms with Crippen molar-refractivity contribution in [1.29, 1.82) is 0 Å². The molecule has 1 amide bonds. The van der Waals surface area contributed by atoms with Crippen LogP contribution in [0.4, 0.5) is 5.82 Å². The third-order valence-corrected chi connectivity index (χ3v) is 4.18. The summed E-state index contributed by atoms with van der Waals surface area (Å²) in [4.78, 5) is 38.4. The number of carbonyl (C=O) groups excluding carboxylic acids is 1. The highest BCUT2D eigenvalue weighted by Gasteiger charge is 2.17. The number of anilines is 1. The number of benzene rings is 1. The van der Waals surface area contributed by atoms with Gasteiger partial charge >= 0.3 is 0 Å². The number of aromatic nitrogens is 4. The largest absolute Gasteiger partial charge is 0.306 e. The standard InChI is InChI=1S/C20H15N5O2/c1-25-18(13-6-5-10-21-12-13)24-17-14(7-4-8-15(17)20(25)27)19(26)23-16-9-2-3-11-22-16/h2-12H,1H3,(H,22,23,26). The molecule has 0 aliphatic rings. The van der Waals surface area contributed by atoms with Gasteiger partial charge in [0.15, 0.2) is 0 Å². The van der Waals surface area contributed by atoms with Crippen LogP contribution in [0, 0.1) is 0 Å². The molecule has 0 unspecified atom stereocenters. The third kappa shape index (κ3) is 3.06. The third-order valence-electron chi connectivity index (χ3n) is 4.18. The second-order valence-electron chi connectivity index (χ2n) is 5.91. The van der Waals surface area contributed by atoms with Crippen molar-refractivity contribution in [1.82, 2.24) is 19.5 Å². The van der Waals surface area contributed by atoms with Gasteiger partial charge in [-0.1, -0.05) is 12.1 Å². The molecule has 7 nitrogen and oxygen atoms in total. The van der Waals surface area contributed by atoms with Crippen LogP contribution in [0.15, 0.2) is 71.9 Å². The summed E-state index contributed by atoms with van der Waals surface area (Å²) in [7, 11) is 1.65. The Hall–Kier alpha value is -3.87. The van der Waals surface area contributed by atoms with E-state index < -0.39 is 0 Å². The Bertz CT molecular complexity index is 1190. The lowest BCUT2D eigenvalue weighted by atomic mass is 10.1. The summed E-state index contributed by atoms with van der Waals surface area (Å²) in [5.41, 5.74) is 1.11. The highest BCUT2D eigenvalue weighted by atomic mass is 16.2. The molecule has 3 heterocycles. The first-order valence-corrected chi connectivity index (χ1v) is 8.27. The van der Waals surface area contributed by atoms with E-state index in [0.717, 1.165) is 0 Å². The van der Waals surface area contributed by atoms with Crippen molar-refractivity contribution in [3.63, 3.8) is 0 Å². The molecule has 4 aromatic rings. The molecule has 1 N–H and O–H groups in total. The number of fused-ring (bicyclic) bond motifs is 1. The molecule has 1 aromatic carbocycles. The van der Waals surface area contributed by atoms with Crippen LogP contribution in [0.5, 0.6) is 0 Å². The molecule has 132 valence electrons. The molecular weight excluding hydrogens is 342 g/mol. The molecule has 27 heavy (non-hydrogen) atoms. The summed E-state index contributed by atoms with van der Waals surface area (Å²) in [6, 6.07) is 13.8. The van der Waals surface area contributed by atoms with Crippen molar-refractivity contribution >= 4 is 22.6 Å². The Labute approximate surface area is 154 Å². The lowest BCUT2D eigenvalue weighted by Gasteiger charge is -2.11. The normalized spacial score (nSPS) is 10.7.